The van der Waals surface area contributed by atoms with Crippen molar-refractivity contribution in [2.24, 2.45) is 5.92 Å². The quantitative estimate of drug-likeness (QED) is 0.776. The third-order valence-corrected chi connectivity index (χ3v) is 2.63. The third-order valence-electron chi connectivity index (χ3n) is 2.63. The van der Waals surface area contributed by atoms with Gasteiger partial charge in [0.15, 0.2) is 0 Å². The average Bonchev–Trinajstić information content (AvgIpc) is 1.95. The minimum Gasteiger partial charge on any atom is -0.480 e. The van der Waals surface area contributed by atoms with Crippen LogP contribution in [0.15, 0.2) is 0 Å². The van der Waals surface area contributed by atoms with Crippen molar-refractivity contribution in [1.82, 2.24) is 9.80 Å². The zero-order valence-corrected chi connectivity index (χ0v) is 9.62. The van der Waals surface area contributed by atoms with Crippen LogP contribution >= 0.6 is 0 Å². The topological polar surface area (TPSA) is 43.8 Å². The lowest BCUT2D eigenvalue weighted by Gasteiger charge is -2.36. The van der Waals surface area contributed by atoms with Crippen molar-refractivity contribution < 1.29 is 18.7 Å². The Kier molecular flexibility index (Phi) is 4.21. The van der Waals surface area contributed by atoms with Crippen molar-refractivity contribution in [2.45, 2.75) is 12.3 Å². The molecule has 0 amide bonds. The molecule has 0 aromatic rings. The van der Waals surface area contributed by atoms with Crippen LogP contribution in [0.5, 0.6) is 0 Å². The van der Waals surface area contributed by atoms with Crippen LogP contribution in [0.4, 0.5) is 8.78 Å². The lowest BCUT2D eigenvalue weighted by Crippen LogP contribution is -2.48. The Morgan fingerprint density at radius 2 is 2.25 bits per heavy atom. The molecule has 6 heteroatoms. The fraction of sp³-hybridized carbons (Fsp3) is 0.900. The third kappa shape index (κ3) is 4.40. The average molecular weight is 236 g/mol. The number of alkyl halides is 2. The standard InChI is InChI=1S/C10H18F2N2O2/c1-13(6-9(15)16)4-8-3-10(11,12)7-14(2)5-8/h8H,3-7H2,1-2H3,(H,15,16). The van der Waals surface area contributed by atoms with Crippen LogP contribution < -0.4 is 0 Å². The number of nitrogens with zero attached hydrogens (tertiary/aromatic N) is 2. The first kappa shape index (κ1) is 13.3. The number of likely N-dealkylation sites (tertiary alicyclic amines) is 1. The number of rotatable bonds is 4. The molecule has 1 aliphatic heterocycles. The lowest BCUT2D eigenvalue weighted by atomic mass is 9.95. The maximum Gasteiger partial charge on any atom is 0.317 e. The van der Waals surface area contributed by atoms with E-state index < -0.39 is 11.9 Å². The van der Waals surface area contributed by atoms with E-state index in [0.717, 1.165) is 0 Å². The Morgan fingerprint density at radius 3 is 2.75 bits per heavy atom. The van der Waals surface area contributed by atoms with Crippen LogP contribution in [0.2, 0.25) is 0 Å². The van der Waals surface area contributed by atoms with Crippen LogP contribution in [0.25, 0.3) is 0 Å². The normalized spacial score (nSPS) is 25.9. The van der Waals surface area contributed by atoms with Gasteiger partial charge < -0.3 is 10.0 Å². The van der Waals surface area contributed by atoms with E-state index >= 15 is 0 Å². The summed E-state index contributed by atoms with van der Waals surface area (Å²) in [6.07, 6.45) is -0.151. The summed E-state index contributed by atoms with van der Waals surface area (Å²) in [5.74, 6) is -3.75. The Morgan fingerprint density at radius 1 is 1.62 bits per heavy atom. The Labute approximate surface area is 93.8 Å². The zero-order valence-electron chi connectivity index (χ0n) is 9.62. The predicted octanol–water partition coefficient (Wildman–Crippen LogP) is 0.590. The maximum atomic E-state index is 13.2. The van der Waals surface area contributed by atoms with E-state index in [-0.39, 0.29) is 25.4 Å². The van der Waals surface area contributed by atoms with Gasteiger partial charge in [-0.3, -0.25) is 9.69 Å². The molecule has 1 aliphatic rings. The zero-order chi connectivity index (χ0) is 12.3. The van der Waals surface area contributed by atoms with Gasteiger partial charge in [-0.25, -0.2) is 8.78 Å². The SMILES string of the molecule is CN(CC(=O)O)CC1CN(C)CC(F)(F)C1. The van der Waals surface area contributed by atoms with Crippen LogP contribution in [0.1, 0.15) is 6.42 Å². The van der Waals surface area contributed by atoms with Crippen molar-refractivity contribution >= 4 is 5.97 Å². The molecule has 0 spiro atoms. The van der Waals surface area contributed by atoms with E-state index in [2.05, 4.69) is 0 Å². The molecule has 4 nitrogen and oxygen atoms in total. The van der Waals surface area contributed by atoms with E-state index in [1.807, 2.05) is 0 Å². The highest BCUT2D eigenvalue weighted by atomic mass is 19.3. The number of carboxylic acid groups (broad SMARTS) is 1. The smallest absolute Gasteiger partial charge is 0.317 e. The highest BCUT2D eigenvalue weighted by Crippen LogP contribution is 2.29. The van der Waals surface area contributed by atoms with Gasteiger partial charge in [0, 0.05) is 19.5 Å². The number of carboxylic acids is 1. The highest BCUT2D eigenvalue weighted by Gasteiger charge is 2.39. The summed E-state index contributed by atoms with van der Waals surface area (Å²) >= 11 is 0. The van der Waals surface area contributed by atoms with E-state index in [9.17, 15) is 13.6 Å². The molecule has 1 fully saturated rings. The van der Waals surface area contributed by atoms with E-state index in [0.29, 0.717) is 13.1 Å². The van der Waals surface area contributed by atoms with Crippen molar-refractivity contribution in [3.63, 3.8) is 0 Å². The van der Waals surface area contributed by atoms with Crippen LogP contribution in [-0.2, 0) is 4.79 Å². The predicted molar refractivity (Wildman–Crippen MR) is 55.7 cm³/mol. The monoisotopic (exact) mass is 236 g/mol. The summed E-state index contributed by atoms with van der Waals surface area (Å²) in [5.41, 5.74) is 0. The fourth-order valence-electron chi connectivity index (χ4n) is 2.31. The summed E-state index contributed by atoms with van der Waals surface area (Å²) < 4.78 is 26.5. The molecule has 0 aromatic heterocycles. The van der Waals surface area contributed by atoms with Crippen molar-refractivity contribution in [3.05, 3.63) is 0 Å². The number of hydrogen-bond acceptors (Lipinski definition) is 3. The minimum absolute atomic E-state index is 0.105. The lowest BCUT2D eigenvalue weighted by molar-refractivity contribution is -0.138. The Bertz CT molecular complexity index is 261. The molecule has 0 saturated carbocycles. The summed E-state index contributed by atoms with van der Waals surface area (Å²) in [6, 6.07) is 0. The summed E-state index contributed by atoms with van der Waals surface area (Å²) in [6.45, 7) is 0.684. The maximum absolute atomic E-state index is 13.2. The molecule has 0 aromatic carbocycles. The van der Waals surface area contributed by atoms with Gasteiger partial charge >= 0.3 is 5.97 Å². The molecule has 94 valence electrons. The summed E-state index contributed by atoms with van der Waals surface area (Å²) in [4.78, 5) is 13.6. The van der Waals surface area contributed by atoms with Gasteiger partial charge in [-0.15, -0.1) is 0 Å². The molecule has 0 radical (unpaired) electrons. The first-order valence-electron chi connectivity index (χ1n) is 5.25. The first-order valence-corrected chi connectivity index (χ1v) is 5.25. The number of halogens is 2. The van der Waals surface area contributed by atoms with Gasteiger partial charge in [0.1, 0.15) is 0 Å². The molecule has 0 aliphatic carbocycles. The van der Waals surface area contributed by atoms with E-state index in [1.165, 1.54) is 0 Å². The number of piperidine rings is 1. The molecular formula is C10H18F2N2O2. The molecule has 1 unspecified atom stereocenters. The van der Waals surface area contributed by atoms with Gasteiger partial charge in [0.05, 0.1) is 13.1 Å². The number of carbonyl (C=O) groups is 1. The van der Waals surface area contributed by atoms with Crippen molar-refractivity contribution in [3.8, 4) is 0 Å². The summed E-state index contributed by atoms with van der Waals surface area (Å²) in [7, 11) is 3.30. The first-order chi connectivity index (χ1) is 7.28. The molecule has 16 heavy (non-hydrogen) atoms. The Balaban J connectivity index is 2.44. The van der Waals surface area contributed by atoms with Gasteiger partial charge in [0.25, 0.3) is 5.92 Å². The number of likely N-dealkylation sites (N-methyl/N-ethyl adjacent to an activating group) is 1. The largest absolute Gasteiger partial charge is 0.480 e. The van der Waals surface area contributed by atoms with Crippen molar-refractivity contribution in [2.75, 3.05) is 40.3 Å². The molecule has 1 rings (SSSR count). The highest BCUT2D eigenvalue weighted by molar-refractivity contribution is 5.68. The molecular weight excluding hydrogens is 218 g/mol. The number of hydrogen-bond donors (Lipinski definition) is 1. The van der Waals surface area contributed by atoms with Gasteiger partial charge in [-0.2, -0.15) is 0 Å². The molecule has 1 atom stereocenters. The van der Waals surface area contributed by atoms with Crippen LogP contribution in [0.3, 0.4) is 0 Å². The molecule has 1 saturated heterocycles. The fourth-order valence-corrected chi connectivity index (χ4v) is 2.31. The summed E-state index contributed by atoms with van der Waals surface area (Å²) in [5, 5.41) is 8.57. The van der Waals surface area contributed by atoms with Crippen LogP contribution in [-0.4, -0.2) is 67.1 Å². The van der Waals surface area contributed by atoms with E-state index in [4.69, 9.17) is 5.11 Å². The second-order valence-corrected chi connectivity index (χ2v) is 4.71. The van der Waals surface area contributed by atoms with Crippen LogP contribution in [0, 0.1) is 5.92 Å². The second kappa shape index (κ2) is 5.05. The van der Waals surface area contributed by atoms with Gasteiger partial charge in [-0.1, -0.05) is 0 Å². The molecule has 1 heterocycles. The molecule has 1 N–H and O–H groups in total. The van der Waals surface area contributed by atoms with Gasteiger partial charge in [0.2, 0.25) is 0 Å². The molecule has 0 bridgehead atoms. The van der Waals surface area contributed by atoms with Gasteiger partial charge in [-0.05, 0) is 20.0 Å². The Hall–Kier alpha value is -0.750. The number of aliphatic carboxylic acids is 1. The minimum atomic E-state index is -2.65. The van der Waals surface area contributed by atoms with Crippen molar-refractivity contribution in [1.29, 1.82) is 0 Å². The second-order valence-electron chi connectivity index (χ2n) is 4.71. The van der Waals surface area contributed by atoms with E-state index in [1.54, 1.807) is 23.9 Å².